The summed E-state index contributed by atoms with van der Waals surface area (Å²) >= 11 is 0. The molecule has 8 heteroatoms. The highest BCUT2D eigenvalue weighted by Crippen LogP contribution is 2.26. The number of esters is 2. The van der Waals surface area contributed by atoms with E-state index in [4.69, 9.17) is 9.47 Å². The first-order valence-corrected chi connectivity index (χ1v) is 12.4. The molecule has 0 unspecified atom stereocenters. The van der Waals surface area contributed by atoms with Gasteiger partial charge in [-0.1, -0.05) is 19.1 Å². The first kappa shape index (κ1) is 27.6. The van der Waals surface area contributed by atoms with Crippen molar-refractivity contribution in [1.29, 1.82) is 0 Å². The van der Waals surface area contributed by atoms with E-state index in [-0.39, 0.29) is 25.1 Å². The topological polar surface area (TPSA) is 88.5 Å². The summed E-state index contributed by atoms with van der Waals surface area (Å²) in [6.07, 6.45) is 2.93. The number of hydrogen-bond donors (Lipinski definition) is 0. The molecule has 1 amide bonds. The lowest BCUT2D eigenvalue weighted by molar-refractivity contribution is -0.154. The number of ether oxygens (including phenoxy) is 2. The molecule has 0 aliphatic carbocycles. The van der Waals surface area contributed by atoms with Gasteiger partial charge in [-0.05, 0) is 75.2 Å². The SMILES string of the molecule is CCC(C)(C)C(=O)OCCCOC(=O)c1ccc(N2N=C(C)/C(=C\c3ccc(N(C)C)cc3)C2=O)cc1. The number of rotatable bonds is 10. The molecule has 1 heterocycles. The maximum Gasteiger partial charge on any atom is 0.338 e. The third-order valence-corrected chi connectivity index (χ3v) is 6.32. The molecule has 8 nitrogen and oxygen atoms in total. The van der Waals surface area contributed by atoms with Gasteiger partial charge in [0.1, 0.15) is 0 Å². The van der Waals surface area contributed by atoms with Gasteiger partial charge in [0.2, 0.25) is 0 Å². The molecule has 1 aliphatic rings. The Kier molecular flexibility index (Phi) is 8.86. The summed E-state index contributed by atoms with van der Waals surface area (Å²) in [6, 6.07) is 14.4. The first-order valence-electron chi connectivity index (χ1n) is 12.4. The van der Waals surface area contributed by atoms with Crippen LogP contribution in [0.2, 0.25) is 0 Å². The largest absolute Gasteiger partial charge is 0.465 e. The van der Waals surface area contributed by atoms with Gasteiger partial charge in [-0.3, -0.25) is 9.59 Å². The summed E-state index contributed by atoms with van der Waals surface area (Å²) in [4.78, 5) is 39.4. The van der Waals surface area contributed by atoms with Crippen molar-refractivity contribution in [2.45, 2.75) is 40.5 Å². The Morgan fingerprint density at radius 2 is 1.62 bits per heavy atom. The van der Waals surface area contributed by atoms with Gasteiger partial charge in [0, 0.05) is 26.2 Å². The molecule has 3 rings (SSSR count). The predicted molar refractivity (Wildman–Crippen MR) is 146 cm³/mol. The Bertz CT molecular complexity index is 1200. The highest BCUT2D eigenvalue weighted by atomic mass is 16.5. The number of benzene rings is 2. The summed E-state index contributed by atoms with van der Waals surface area (Å²) in [5, 5.41) is 5.74. The Hall–Kier alpha value is -3.94. The molecule has 2 aromatic carbocycles. The second-order valence-corrected chi connectivity index (χ2v) is 9.76. The highest BCUT2D eigenvalue weighted by Gasteiger charge is 2.29. The van der Waals surface area contributed by atoms with Crippen LogP contribution in [0.3, 0.4) is 0 Å². The van der Waals surface area contributed by atoms with Crippen molar-refractivity contribution in [2.75, 3.05) is 37.2 Å². The normalized spacial score (nSPS) is 14.5. The minimum atomic E-state index is -0.522. The maximum atomic E-state index is 13.1. The average molecular weight is 506 g/mol. The van der Waals surface area contributed by atoms with Crippen LogP contribution in [0.1, 0.15) is 56.5 Å². The number of anilines is 2. The van der Waals surface area contributed by atoms with Crippen LogP contribution in [0.4, 0.5) is 11.4 Å². The Morgan fingerprint density at radius 3 is 2.22 bits per heavy atom. The summed E-state index contributed by atoms with van der Waals surface area (Å²) in [6.45, 7) is 7.73. The van der Waals surface area contributed by atoms with Crippen LogP contribution in [0.5, 0.6) is 0 Å². The van der Waals surface area contributed by atoms with E-state index in [1.807, 2.05) is 70.1 Å². The lowest BCUT2D eigenvalue weighted by atomic mass is 9.91. The highest BCUT2D eigenvalue weighted by molar-refractivity contribution is 6.32. The van der Waals surface area contributed by atoms with E-state index in [0.717, 1.165) is 11.3 Å². The summed E-state index contributed by atoms with van der Waals surface area (Å²) in [5.74, 6) is -0.974. The fraction of sp³-hybridized carbons (Fsp3) is 0.379. The van der Waals surface area contributed by atoms with E-state index in [9.17, 15) is 14.4 Å². The van der Waals surface area contributed by atoms with Crippen LogP contribution in [0.15, 0.2) is 59.2 Å². The van der Waals surface area contributed by atoms with E-state index in [1.54, 1.807) is 31.2 Å². The molecule has 2 aromatic rings. The Balaban J connectivity index is 1.55. The summed E-state index contributed by atoms with van der Waals surface area (Å²) in [5.41, 5.74) is 3.51. The zero-order valence-electron chi connectivity index (χ0n) is 22.4. The van der Waals surface area contributed by atoms with E-state index >= 15 is 0 Å². The van der Waals surface area contributed by atoms with E-state index in [0.29, 0.717) is 35.4 Å². The van der Waals surface area contributed by atoms with Crippen molar-refractivity contribution < 1.29 is 23.9 Å². The van der Waals surface area contributed by atoms with E-state index in [1.165, 1.54) is 5.01 Å². The number of amides is 1. The standard InChI is InChI=1S/C29H35N3O5/c1-7-29(3,4)28(35)37-18-8-17-36-27(34)22-11-15-24(16-12-22)32-26(33)25(20(2)30-32)19-21-9-13-23(14-10-21)31(5)6/h9-16,19H,7-8,17-18H2,1-6H3/b25-19+. The predicted octanol–water partition coefficient (Wildman–Crippen LogP) is 5.09. The number of hydrazone groups is 1. The van der Waals surface area contributed by atoms with Crippen molar-refractivity contribution in [3.05, 3.63) is 65.2 Å². The van der Waals surface area contributed by atoms with Gasteiger partial charge in [-0.2, -0.15) is 10.1 Å². The van der Waals surface area contributed by atoms with Crippen molar-refractivity contribution in [2.24, 2.45) is 10.5 Å². The molecule has 0 N–H and O–H groups in total. The van der Waals surface area contributed by atoms with Crippen LogP contribution in [-0.4, -0.2) is 50.9 Å². The number of carbonyl (C=O) groups is 3. The van der Waals surface area contributed by atoms with Gasteiger partial charge in [-0.25, -0.2) is 4.79 Å². The van der Waals surface area contributed by atoms with Gasteiger partial charge >= 0.3 is 11.9 Å². The molecule has 0 fully saturated rings. The van der Waals surface area contributed by atoms with Crippen LogP contribution in [-0.2, 0) is 19.1 Å². The zero-order chi connectivity index (χ0) is 27.2. The van der Waals surface area contributed by atoms with Gasteiger partial charge in [0.25, 0.3) is 5.91 Å². The third-order valence-electron chi connectivity index (χ3n) is 6.32. The van der Waals surface area contributed by atoms with E-state index in [2.05, 4.69) is 5.10 Å². The number of nitrogens with zero attached hydrogens (tertiary/aromatic N) is 3. The molecular weight excluding hydrogens is 470 g/mol. The number of hydrogen-bond acceptors (Lipinski definition) is 7. The van der Waals surface area contributed by atoms with Gasteiger partial charge < -0.3 is 14.4 Å². The molecule has 37 heavy (non-hydrogen) atoms. The molecule has 0 spiro atoms. The molecule has 1 aliphatic heterocycles. The van der Waals surface area contributed by atoms with Gasteiger partial charge in [0.15, 0.2) is 0 Å². The van der Waals surface area contributed by atoms with Crippen molar-refractivity contribution in [1.82, 2.24) is 0 Å². The molecule has 0 saturated carbocycles. The first-order chi connectivity index (χ1) is 17.5. The van der Waals surface area contributed by atoms with Crippen molar-refractivity contribution in [3.63, 3.8) is 0 Å². The van der Waals surface area contributed by atoms with Crippen LogP contribution < -0.4 is 9.91 Å². The number of carbonyl (C=O) groups excluding carboxylic acids is 3. The Morgan fingerprint density at radius 1 is 1.00 bits per heavy atom. The summed E-state index contributed by atoms with van der Waals surface area (Å²) < 4.78 is 10.5. The van der Waals surface area contributed by atoms with Crippen LogP contribution in [0.25, 0.3) is 6.08 Å². The van der Waals surface area contributed by atoms with E-state index < -0.39 is 11.4 Å². The van der Waals surface area contributed by atoms with Crippen molar-refractivity contribution in [3.8, 4) is 0 Å². The molecule has 0 saturated heterocycles. The minimum absolute atomic E-state index is 0.137. The fourth-order valence-electron chi connectivity index (χ4n) is 3.45. The van der Waals surface area contributed by atoms with Crippen LogP contribution >= 0.6 is 0 Å². The smallest absolute Gasteiger partial charge is 0.338 e. The summed E-state index contributed by atoms with van der Waals surface area (Å²) in [7, 11) is 3.95. The second-order valence-electron chi connectivity index (χ2n) is 9.76. The van der Waals surface area contributed by atoms with Gasteiger partial charge in [0.05, 0.1) is 41.2 Å². The molecular formula is C29H35N3O5. The second kappa shape index (κ2) is 11.9. The fourth-order valence-corrected chi connectivity index (χ4v) is 3.45. The quantitative estimate of drug-likeness (QED) is 0.254. The molecule has 0 bridgehead atoms. The maximum absolute atomic E-state index is 13.1. The zero-order valence-corrected chi connectivity index (χ0v) is 22.4. The average Bonchev–Trinajstić information content (AvgIpc) is 3.16. The monoisotopic (exact) mass is 505 g/mol. The van der Waals surface area contributed by atoms with Crippen LogP contribution in [0, 0.1) is 5.41 Å². The van der Waals surface area contributed by atoms with Gasteiger partial charge in [-0.15, -0.1) is 0 Å². The third kappa shape index (κ3) is 6.84. The lowest BCUT2D eigenvalue weighted by Crippen LogP contribution is -2.26. The molecule has 0 atom stereocenters. The lowest BCUT2D eigenvalue weighted by Gasteiger charge is -2.20. The Labute approximate surface area is 218 Å². The van der Waals surface area contributed by atoms with Crippen molar-refractivity contribution >= 4 is 41.0 Å². The molecule has 0 radical (unpaired) electrons. The minimum Gasteiger partial charge on any atom is -0.465 e. The molecule has 196 valence electrons. The molecule has 0 aromatic heterocycles.